The average molecular weight is 210 g/mol. The number of likely N-dealkylation sites (tertiary alicyclic amines) is 1. The van der Waals surface area contributed by atoms with Crippen LogP contribution in [0.5, 0.6) is 0 Å². The molecule has 1 aliphatic heterocycles. The second-order valence-corrected chi connectivity index (χ2v) is 4.49. The van der Waals surface area contributed by atoms with Crippen LogP contribution in [0.3, 0.4) is 0 Å². The van der Waals surface area contributed by atoms with Crippen molar-refractivity contribution in [2.45, 2.75) is 32.7 Å². The van der Waals surface area contributed by atoms with E-state index in [0.29, 0.717) is 19.1 Å². The van der Waals surface area contributed by atoms with E-state index in [2.05, 4.69) is 25.7 Å². The summed E-state index contributed by atoms with van der Waals surface area (Å²) >= 11 is 0. The van der Waals surface area contributed by atoms with Crippen LogP contribution in [0.15, 0.2) is 12.7 Å². The maximum atomic E-state index is 11.8. The fraction of sp³-hybridized carbons (Fsp3) is 0.750. The molecule has 1 N–H and O–H groups in total. The minimum absolute atomic E-state index is 0.219. The zero-order valence-electron chi connectivity index (χ0n) is 9.83. The summed E-state index contributed by atoms with van der Waals surface area (Å²) in [7, 11) is 0. The molecule has 2 unspecified atom stereocenters. The standard InChI is InChI=1S/C12H22N2O/c1-4-6-13-9-12(15)14-7-5-10(2)8-11(14)3/h4,10-11,13H,1,5-9H2,2-3H3. The monoisotopic (exact) mass is 210 g/mol. The highest BCUT2D eigenvalue weighted by Crippen LogP contribution is 2.21. The van der Waals surface area contributed by atoms with Crippen molar-refractivity contribution in [3.05, 3.63) is 12.7 Å². The summed E-state index contributed by atoms with van der Waals surface area (Å²) in [6.07, 6.45) is 4.04. The summed E-state index contributed by atoms with van der Waals surface area (Å²) in [6.45, 7) is 10.1. The molecule has 1 fully saturated rings. The normalized spacial score (nSPS) is 26.4. The van der Waals surface area contributed by atoms with E-state index < -0.39 is 0 Å². The topological polar surface area (TPSA) is 32.3 Å². The van der Waals surface area contributed by atoms with Crippen LogP contribution >= 0.6 is 0 Å². The van der Waals surface area contributed by atoms with Gasteiger partial charge in [0.05, 0.1) is 6.54 Å². The first-order chi connectivity index (χ1) is 7.15. The van der Waals surface area contributed by atoms with Crippen LogP contribution in [-0.2, 0) is 4.79 Å². The van der Waals surface area contributed by atoms with Crippen LogP contribution in [0.1, 0.15) is 26.7 Å². The molecular formula is C12H22N2O. The summed E-state index contributed by atoms with van der Waals surface area (Å²) in [5, 5.41) is 3.05. The second kappa shape index (κ2) is 5.91. The number of piperidine rings is 1. The largest absolute Gasteiger partial charge is 0.339 e. The third kappa shape index (κ3) is 3.67. The molecule has 1 rings (SSSR count). The number of rotatable bonds is 4. The molecule has 0 aliphatic carbocycles. The van der Waals surface area contributed by atoms with Gasteiger partial charge in [-0.1, -0.05) is 13.0 Å². The fourth-order valence-electron chi connectivity index (χ4n) is 2.16. The van der Waals surface area contributed by atoms with Gasteiger partial charge in [0.1, 0.15) is 0 Å². The lowest BCUT2D eigenvalue weighted by atomic mass is 9.93. The average Bonchev–Trinajstić information content (AvgIpc) is 2.17. The SMILES string of the molecule is C=CCNCC(=O)N1CCC(C)CC1C. The van der Waals surface area contributed by atoms with Gasteiger partial charge >= 0.3 is 0 Å². The Morgan fingerprint density at radius 2 is 2.33 bits per heavy atom. The molecule has 0 saturated carbocycles. The maximum absolute atomic E-state index is 11.8. The van der Waals surface area contributed by atoms with Crippen LogP contribution in [0, 0.1) is 5.92 Å². The van der Waals surface area contributed by atoms with Crippen LogP contribution < -0.4 is 5.32 Å². The molecule has 0 spiro atoms. The molecule has 2 atom stereocenters. The number of carbonyl (C=O) groups excluding carboxylic acids is 1. The summed E-state index contributed by atoms with van der Waals surface area (Å²) in [6, 6.07) is 0.395. The second-order valence-electron chi connectivity index (χ2n) is 4.49. The van der Waals surface area contributed by atoms with Crippen molar-refractivity contribution in [3.8, 4) is 0 Å². The summed E-state index contributed by atoms with van der Waals surface area (Å²) in [5.74, 6) is 0.974. The van der Waals surface area contributed by atoms with E-state index in [1.807, 2.05) is 4.90 Å². The van der Waals surface area contributed by atoms with Crippen molar-refractivity contribution < 1.29 is 4.79 Å². The molecule has 0 bridgehead atoms. The van der Waals surface area contributed by atoms with Gasteiger partial charge in [0, 0.05) is 19.1 Å². The number of nitrogens with zero attached hydrogens (tertiary/aromatic N) is 1. The summed E-state index contributed by atoms with van der Waals surface area (Å²) < 4.78 is 0. The molecule has 0 aromatic rings. The number of nitrogens with one attached hydrogen (secondary N) is 1. The molecule has 3 heteroatoms. The van der Waals surface area contributed by atoms with E-state index in [1.165, 1.54) is 0 Å². The van der Waals surface area contributed by atoms with E-state index in [4.69, 9.17) is 0 Å². The van der Waals surface area contributed by atoms with E-state index >= 15 is 0 Å². The molecule has 1 saturated heterocycles. The van der Waals surface area contributed by atoms with Gasteiger partial charge in [-0.25, -0.2) is 0 Å². The zero-order chi connectivity index (χ0) is 11.3. The molecule has 0 aromatic carbocycles. The Labute approximate surface area is 92.5 Å². The quantitative estimate of drug-likeness (QED) is 0.562. The Kier molecular flexibility index (Phi) is 4.82. The van der Waals surface area contributed by atoms with Gasteiger partial charge in [0.2, 0.25) is 5.91 Å². The van der Waals surface area contributed by atoms with Crippen molar-refractivity contribution in [1.82, 2.24) is 10.2 Å². The van der Waals surface area contributed by atoms with E-state index in [-0.39, 0.29) is 5.91 Å². The predicted molar refractivity (Wildman–Crippen MR) is 62.6 cm³/mol. The smallest absolute Gasteiger partial charge is 0.236 e. The van der Waals surface area contributed by atoms with Gasteiger partial charge in [-0.15, -0.1) is 6.58 Å². The number of carbonyl (C=O) groups is 1. The highest BCUT2D eigenvalue weighted by molar-refractivity contribution is 5.78. The van der Waals surface area contributed by atoms with Crippen molar-refractivity contribution in [1.29, 1.82) is 0 Å². The first-order valence-electron chi connectivity index (χ1n) is 5.76. The van der Waals surface area contributed by atoms with Crippen LogP contribution in [0.4, 0.5) is 0 Å². The molecule has 1 heterocycles. The minimum Gasteiger partial charge on any atom is -0.339 e. The Bertz CT molecular complexity index is 228. The number of hydrogen-bond acceptors (Lipinski definition) is 2. The summed E-state index contributed by atoms with van der Waals surface area (Å²) in [4.78, 5) is 13.8. The zero-order valence-corrected chi connectivity index (χ0v) is 9.83. The number of hydrogen-bond donors (Lipinski definition) is 1. The Hall–Kier alpha value is -0.830. The molecule has 0 aromatic heterocycles. The molecule has 1 aliphatic rings. The van der Waals surface area contributed by atoms with Gasteiger partial charge in [-0.3, -0.25) is 4.79 Å². The minimum atomic E-state index is 0.219. The van der Waals surface area contributed by atoms with Crippen LogP contribution in [0.25, 0.3) is 0 Å². The summed E-state index contributed by atoms with van der Waals surface area (Å²) in [5.41, 5.74) is 0. The third-order valence-corrected chi connectivity index (χ3v) is 3.02. The van der Waals surface area contributed by atoms with E-state index in [0.717, 1.165) is 25.3 Å². The van der Waals surface area contributed by atoms with Crippen LogP contribution in [-0.4, -0.2) is 36.5 Å². The molecule has 1 amide bonds. The molecule has 15 heavy (non-hydrogen) atoms. The van der Waals surface area contributed by atoms with Crippen molar-refractivity contribution >= 4 is 5.91 Å². The highest BCUT2D eigenvalue weighted by atomic mass is 16.2. The van der Waals surface area contributed by atoms with Gasteiger partial charge in [-0.05, 0) is 25.7 Å². The lowest BCUT2D eigenvalue weighted by Crippen LogP contribution is -2.47. The molecule has 86 valence electrons. The molecular weight excluding hydrogens is 188 g/mol. The van der Waals surface area contributed by atoms with Crippen molar-refractivity contribution in [2.75, 3.05) is 19.6 Å². The first-order valence-corrected chi connectivity index (χ1v) is 5.76. The Morgan fingerprint density at radius 3 is 2.93 bits per heavy atom. The van der Waals surface area contributed by atoms with E-state index in [1.54, 1.807) is 6.08 Å². The first kappa shape index (κ1) is 12.2. The van der Waals surface area contributed by atoms with Gasteiger partial charge in [-0.2, -0.15) is 0 Å². The lowest BCUT2D eigenvalue weighted by molar-refractivity contribution is -0.134. The fourth-order valence-corrected chi connectivity index (χ4v) is 2.16. The number of amides is 1. The van der Waals surface area contributed by atoms with Crippen molar-refractivity contribution in [2.24, 2.45) is 5.92 Å². The maximum Gasteiger partial charge on any atom is 0.236 e. The van der Waals surface area contributed by atoms with Gasteiger partial charge < -0.3 is 10.2 Å². The lowest BCUT2D eigenvalue weighted by Gasteiger charge is -2.36. The van der Waals surface area contributed by atoms with Gasteiger partial charge in [0.25, 0.3) is 0 Å². The van der Waals surface area contributed by atoms with Crippen LogP contribution in [0.2, 0.25) is 0 Å². The predicted octanol–water partition coefficient (Wildman–Crippen LogP) is 1.41. The van der Waals surface area contributed by atoms with Crippen molar-refractivity contribution in [3.63, 3.8) is 0 Å². The van der Waals surface area contributed by atoms with E-state index in [9.17, 15) is 4.79 Å². The molecule has 3 nitrogen and oxygen atoms in total. The third-order valence-electron chi connectivity index (χ3n) is 3.02. The Balaban J connectivity index is 2.35. The van der Waals surface area contributed by atoms with Gasteiger partial charge in [0.15, 0.2) is 0 Å². The highest BCUT2D eigenvalue weighted by Gasteiger charge is 2.25. The molecule has 0 radical (unpaired) electrons. The Morgan fingerprint density at radius 1 is 1.60 bits per heavy atom.